The summed E-state index contributed by atoms with van der Waals surface area (Å²) in [5.41, 5.74) is 2.87. The van der Waals surface area contributed by atoms with Gasteiger partial charge in [0.05, 0.1) is 19.5 Å². The zero-order valence-electron chi connectivity index (χ0n) is 26.0. The number of nitrogens with zero attached hydrogens (tertiary/aromatic N) is 5. The Morgan fingerprint density at radius 3 is 1.84 bits per heavy atom. The van der Waals surface area contributed by atoms with Crippen molar-refractivity contribution in [3.05, 3.63) is 137 Å². The van der Waals surface area contributed by atoms with Crippen molar-refractivity contribution in [2.45, 2.75) is 51.2 Å². The molecule has 226 valence electrons. The van der Waals surface area contributed by atoms with Crippen LogP contribution in [0.4, 0.5) is 0 Å². The number of benzene rings is 3. The molecule has 0 atom stereocenters. The van der Waals surface area contributed by atoms with Crippen molar-refractivity contribution in [2.24, 2.45) is 0 Å². The Morgan fingerprint density at radius 2 is 1.32 bits per heavy atom. The molecule has 3 aromatic heterocycles. The third-order valence-corrected chi connectivity index (χ3v) is 13.4. The van der Waals surface area contributed by atoms with Crippen LogP contribution in [0.3, 0.4) is 0 Å². The van der Waals surface area contributed by atoms with Crippen LogP contribution in [0.1, 0.15) is 37.5 Å². The molecule has 0 fully saturated rings. The highest BCUT2D eigenvalue weighted by Gasteiger charge is 2.40. The first-order valence-corrected chi connectivity index (χ1v) is 17.9. The SMILES string of the molecule is CC(C)(C)[Si](C)(C)OCCOCn1cnc2c(=O)n3ccn(C(c4ccccc4)(c4ccccc4)c4ccccc4)c3nc21. The molecule has 0 saturated carbocycles. The highest BCUT2D eigenvalue weighted by Crippen LogP contribution is 2.41. The molecule has 0 radical (unpaired) electrons. The van der Waals surface area contributed by atoms with Crippen molar-refractivity contribution in [1.29, 1.82) is 0 Å². The van der Waals surface area contributed by atoms with Gasteiger partial charge in [-0.15, -0.1) is 0 Å². The number of rotatable bonds is 10. The molecule has 3 heterocycles. The summed E-state index contributed by atoms with van der Waals surface area (Å²) in [7, 11) is -1.86. The first-order chi connectivity index (χ1) is 21.1. The fourth-order valence-corrected chi connectivity index (χ4v) is 6.58. The molecule has 0 bridgehead atoms. The monoisotopic (exact) mass is 605 g/mol. The van der Waals surface area contributed by atoms with E-state index in [1.54, 1.807) is 21.5 Å². The molecular formula is C35H39N5O3Si. The van der Waals surface area contributed by atoms with Gasteiger partial charge in [0.15, 0.2) is 19.5 Å². The van der Waals surface area contributed by atoms with E-state index >= 15 is 0 Å². The van der Waals surface area contributed by atoms with E-state index in [4.69, 9.17) is 14.1 Å². The van der Waals surface area contributed by atoms with Gasteiger partial charge in [0, 0.05) is 12.4 Å². The minimum atomic E-state index is -1.86. The van der Waals surface area contributed by atoms with Gasteiger partial charge in [0.2, 0.25) is 5.78 Å². The standard InChI is InChI=1S/C35H39N5O3Si/c1-34(2,3)44(4,5)43-24-23-42-26-38-25-36-30-31(38)37-33-39(32(30)41)21-22-40(33)35(27-15-9-6-10-16-27,28-17-11-7-12-18-28)29-19-13-8-14-20-29/h6-22,25H,23-24,26H2,1-5H3. The topological polar surface area (TPSA) is 75.6 Å². The second-order valence-electron chi connectivity index (χ2n) is 12.6. The van der Waals surface area contributed by atoms with Gasteiger partial charge in [-0.2, -0.15) is 4.98 Å². The number of aromatic nitrogens is 5. The van der Waals surface area contributed by atoms with E-state index in [2.05, 4.69) is 79.8 Å². The fraction of sp³-hybridized carbons (Fsp3) is 0.286. The largest absolute Gasteiger partial charge is 0.414 e. The predicted molar refractivity (Wildman–Crippen MR) is 176 cm³/mol. The van der Waals surface area contributed by atoms with Gasteiger partial charge in [-0.3, -0.25) is 13.9 Å². The van der Waals surface area contributed by atoms with E-state index < -0.39 is 13.9 Å². The first-order valence-electron chi connectivity index (χ1n) is 15.0. The minimum absolute atomic E-state index is 0.133. The summed E-state index contributed by atoms with van der Waals surface area (Å²) in [6.45, 7) is 12.3. The van der Waals surface area contributed by atoms with E-state index in [-0.39, 0.29) is 17.3 Å². The highest BCUT2D eigenvalue weighted by atomic mass is 28.4. The molecule has 0 aliphatic heterocycles. The van der Waals surface area contributed by atoms with Crippen LogP contribution in [-0.4, -0.2) is 45.0 Å². The number of fused-ring (bicyclic) bond motifs is 2. The van der Waals surface area contributed by atoms with E-state index in [0.717, 1.165) is 16.7 Å². The lowest BCUT2D eigenvalue weighted by atomic mass is 9.76. The Morgan fingerprint density at radius 1 is 0.773 bits per heavy atom. The Balaban J connectivity index is 1.45. The zero-order chi connectivity index (χ0) is 31.0. The van der Waals surface area contributed by atoms with Crippen molar-refractivity contribution in [3.63, 3.8) is 0 Å². The quantitative estimate of drug-likeness (QED) is 0.0989. The Kier molecular flexibility index (Phi) is 7.87. The summed E-state index contributed by atoms with van der Waals surface area (Å²) >= 11 is 0. The van der Waals surface area contributed by atoms with Crippen molar-refractivity contribution >= 4 is 25.3 Å². The number of ether oxygens (including phenoxy) is 1. The van der Waals surface area contributed by atoms with Crippen LogP contribution in [0.5, 0.6) is 0 Å². The maximum absolute atomic E-state index is 13.8. The average Bonchev–Trinajstić information content (AvgIpc) is 3.64. The van der Waals surface area contributed by atoms with Gasteiger partial charge < -0.3 is 9.16 Å². The second kappa shape index (κ2) is 11.6. The molecule has 0 aliphatic carbocycles. The molecule has 0 N–H and O–H groups in total. The summed E-state index contributed by atoms with van der Waals surface area (Å²) in [6, 6.07) is 31.0. The highest BCUT2D eigenvalue weighted by molar-refractivity contribution is 6.74. The van der Waals surface area contributed by atoms with E-state index in [1.165, 1.54) is 0 Å². The third kappa shape index (κ3) is 5.10. The van der Waals surface area contributed by atoms with Crippen molar-refractivity contribution in [2.75, 3.05) is 13.2 Å². The molecule has 6 aromatic rings. The zero-order valence-corrected chi connectivity index (χ0v) is 27.0. The lowest BCUT2D eigenvalue weighted by Gasteiger charge is -2.37. The maximum Gasteiger partial charge on any atom is 0.287 e. The normalized spacial score (nSPS) is 12.8. The Labute approximate surface area is 258 Å². The Hall–Kier alpha value is -4.31. The molecule has 6 rings (SSSR count). The van der Waals surface area contributed by atoms with E-state index in [9.17, 15) is 4.79 Å². The lowest BCUT2D eigenvalue weighted by molar-refractivity contribution is 0.0525. The molecule has 44 heavy (non-hydrogen) atoms. The molecule has 8 nitrogen and oxygen atoms in total. The van der Waals surface area contributed by atoms with E-state index in [0.29, 0.717) is 30.2 Å². The van der Waals surface area contributed by atoms with E-state index in [1.807, 2.05) is 60.8 Å². The fourth-order valence-electron chi connectivity index (χ4n) is 5.55. The van der Waals surface area contributed by atoms with Crippen LogP contribution in [0, 0.1) is 0 Å². The summed E-state index contributed by atoms with van der Waals surface area (Å²) in [4.78, 5) is 23.3. The van der Waals surface area contributed by atoms with Crippen LogP contribution in [0.15, 0.2) is 115 Å². The first kappa shape index (κ1) is 29.7. The molecule has 0 unspecified atom stereocenters. The van der Waals surface area contributed by atoms with Gasteiger partial charge >= 0.3 is 0 Å². The van der Waals surface area contributed by atoms with Gasteiger partial charge in [-0.1, -0.05) is 112 Å². The van der Waals surface area contributed by atoms with Gasteiger partial charge in [-0.25, -0.2) is 9.38 Å². The maximum atomic E-state index is 13.8. The van der Waals surface area contributed by atoms with Crippen LogP contribution in [0.25, 0.3) is 16.9 Å². The number of hydrogen-bond acceptors (Lipinski definition) is 5. The van der Waals surface area contributed by atoms with Gasteiger partial charge in [0.25, 0.3) is 5.56 Å². The molecule has 9 heteroatoms. The number of imidazole rings is 2. The molecule has 0 aliphatic rings. The second-order valence-corrected chi connectivity index (χ2v) is 17.4. The molecule has 0 amide bonds. The third-order valence-electron chi connectivity index (χ3n) is 8.90. The van der Waals surface area contributed by atoms with Crippen LogP contribution >= 0.6 is 0 Å². The van der Waals surface area contributed by atoms with Crippen LogP contribution < -0.4 is 5.56 Å². The van der Waals surface area contributed by atoms with Crippen LogP contribution in [-0.2, 0) is 21.4 Å². The lowest BCUT2D eigenvalue weighted by Crippen LogP contribution is -2.41. The van der Waals surface area contributed by atoms with Crippen LogP contribution in [0.2, 0.25) is 18.1 Å². The average molecular weight is 606 g/mol. The van der Waals surface area contributed by atoms with Gasteiger partial charge in [-0.05, 0) is 34.8 Å². The molecule has 3 aromatic carbocycles. The predicted octanol–water partition coefficient (Wildman–Crippen LogP) is 6.68. The summed E-state index contributed by atoms with van der Waals surface area (Å²) < 4.78 is 17.7. The van der Waals surface area contributed by atoms with Gasteiger partial charge in [0.1, 0.15) is 12.3 Å². The summed E-state index contributed by atoms with van der Waals surface area (Å²) in [5.74, 6) is 0.502. The minimum Gasteiger partial charge on any atom is -0.414 e. The van der Waals surface area contributed by atoms with Crippen molar-refractivity contribution in [3.8, 4) is 0 Å². The summed E-state index contributed by atoms with van der Waals surface area (Å²) in [5, 5.41) is 0.133. The molecule has 0 saturated heterocycles. The van der Waals surface area contributed by atoms with Crippen molar-refractivity contribution in [1.82, 2.24) is 23.5 Å². The molecular weight excluding hydrogens is 567 g/mol. The number of hydrogen-bond donors (Lipinski definition) is 0. The smallest absolute Gasteiger partial charge is 0.287 e. The van der Waals surface area contributed by atoms with Crippen molar-refractivity contribution < 1.29 is 9.16 Å². The summed E-state index contributed by atoms with van der Waals surface area (Å²) in [6.07, 6.45) is 5.34. The molecule has 0 spiro atoms. The Bertz CT molecular complexity index is 1830.